The molecule has 2 amide bonds. The Balaban J connectivity index is 1.91. The first-order valence-electron chi connectivity index (χ1n) is 6.70. The van der Waals surface area contributed by atoms with Gasteiger partial charge < -0.3 is 10.2 Å². The maximum absolute atomic E-state index is 12.3. The first-order chi connectivity index (χ1) is 10.1. The smallest absolute Gasteiger partial charge is 0.251 e. The van der Waals surface area contributed by atoms with Gasteiger partial charge in [-0.2, -0.15) is 11.3 Å². The summed E-state index contributed by atoms with van der Waals surface area (Å²) in [6, 6.07) is 10.3. The second-order valence-electron chi connectivity index (χ2n) is 4.89. The highest BCUT2D eigenvalue weighted by molar-refractivity contribution is 7.07. The second kappa shape index (κ2) is 7.04. The Labute approximate surface area is 128 Å². The van der Waals surface area contributed by atoms with E-state index in [4.69, 9.17) is 0 Å². The largest absolute Gasteiger partial charge is 0.341 e. The average molecular weight is 302 g/mol. The van der Waals surface area contributed by atoms with Gasteiger partial charge in [0.05, 0.1) is 0 Å². The molecule has 0 saturated heterocycles. The summed E-state index contributed by atoms with van der Waals surface area (Å²) in [6.45, 7) is 2.25. The van der Waals surface area contributed by atoms with Crippen molar-refractivity contribution in [2.75, 3.05) is 7.05 Å². The van der Waals surface area contributed by atoms with E-state index in [0.29, 0.717) is 12.1 Å². The van der Waals surface area contributed by atoms with Gasteiger partial charge in [-0.15, -0.1) is 0 Å². The van der Waals surface area contributed by atoms with Gasteiger partial charge in [0.25, 0.3) is 5.91 Å². The third-order valence-corrected chi connectivity index (χ3v) is 3.86. The molecule has 1 N–H and O–H groups in total. The summed E-state index contributed by atoms with van der Waals surface area (Å²) in [6.07, 6.45) is 0. The fraction of sp³-hybridized carbons (Fsp3) is 0.250. The van der Waals surface area contributed by atoms with Crippen LogP contribution in [0.2, 0.25) is 0 Å². The molecule has 0 unspecified atom stereocenters. The van der Waals surface area contributed by atoms with E-state index < -0.39 is 6.04 Å². The molecule has 21 heavy (non-hydrogen) atoms. The quantitative estimate of drug-likeness (QED) is 0.922. The van der Waals surface area contributed by atoms with Gasteiger partial charge in [0.1, 0.15) is 6.04 Å². The molecular weight excluding hydrogens is 284 g/mol. The van der Waals surface area contributed by atoms with Crippen LogP contribution in [-0.2, 0) is 11.3 Å². The standard InChI is InChI=1S/C16H18N2O2S/c1-12(17-15(19)14-6-4-3-5-7-14)16(20)18(2)10-13-8-9-21-11-13/h3-9,11-12H,10H2,1-2H3,(H,17,19)/t12-/m1/s1. The van der Waals surface area contributed by atoms with Crippen LogP contribution in [0.1, 0.15) is 22.8 Å². The molecule has 2 rings (SSSR count). The predicted molar refractivity (Wildman–Crippen MR) is 84.2 cm³/mol. The number of carbonyl (C=O) groups is 2. The van der Waals surface area contributed by atoms with Crippen molar-refractivity contribution < 1.29 is 9.59 Å². The van der Waals surface area contributed by atoms with E-state index in [1.54, 1.807) is 54.5 Å². The lowest BCUT2D eigenvalue weighted by atomic mass is 10.2. The Morgan fingerprint density at radius 1 is 1.24 bits per heavy atom. The number of carbonyl (C=O) groups excluding carboxylic acids is 2. The Morgan fingerprint density at radius 3 is 2.57 bits per heavy atom. The van der Waals surface area contributed by atoms with Crippen LogP contribution in [0, 0.1) is 0 Å². The van der Waals surface area contributed by atoms with E-state index >= 15 is 0 Å². The SMILES string of the molecule is C[C@@H](NC(=O)c1ccccc1)C(=O)N(C)Cc1ccsc1. The minimum absolute atomic E-state index is 0.106. The number of amides is 2. The molecule has 1 atom stereocenters. The summed E-state index contributed by atoms with van der Waals surface area (Å²) in [5.41, 5.74) is 1.65. The summed E-state index contributed by atoms with van der Waals surface area (Å²) in [5, 5.41) is 6.72. The molecule has 0 bridgehead atoms. The molecule has 1 aromatic heterocycles. The average Bonchev–Trinajstić information content (AvgIpc) is 3.00. The molecule has 0 aliphatic rings. The van der Waals surface area contributed by atoms with E-state index in [9.17, 15) is 9.59 Å². The zero-order valence-electron chi connectivity index (χ0n) is 12.1. The lowest BCUT2D eigenvalue weighted by molar-refractivity contribution is -0.132. The van der Waals surface area contributed by atoms with Crippen molar-refractivity contribution >= 4 is 23.2 Å². The number of benzene rings is 1. The molecule has 2 aromatic rings. The van der Waals surface area contributed by atoms with Crippen molar-refractivity contribution in [1.29, 1.82) is 0 Å². The zero-order valence-corrected chi connectivity index (χ0v) is 12.9. The molecule has 5 heteroatoms. The van der Waals surface area contributed by atoms with Crippen LogP contribution >= 0.6 is 11.3 Å². The van der Waals surface area contributed by atoms with Gasteiger partial charge in [0.15, 0.2) is 0 Å². The predicted octanol–water partition coefficient (Wildman–Crippen LogP) is 2.53. The van der Waals surface area contributed by atoms with Gasteiger partial charge in [-0.25, -0.2) is 0 Å². The Hall–Kier alpha value is -2.14. The summed E-state index contributed by atoms with van der Waals surface area (Å²) >= 11 is 1.60. The third kappa shape index (κ3) is 4.16. The summed E-state index contributed by atoms with van der Waals surface area (Å²) in [5.74, 6) is -0.342. The van der Waals surface area contributed by atoms with Crippen LogP contribution in [0.3, 0.4) is 0 Å². The summed E-state index contributed by atoms with van der Waals surface area (Å²) < 4.78 is 0. The van der Waals surface area contributed by atoms with E-state index in [0.717, 1.165) is 5.56 Å². The van der Waals surface area contributed by atoms with Crippen LogP contribution in [0.15, 0.2) is 47.2 Å². The van der Waals surface area contributed by atoms with Crippen molar-refractivity contribution in [2.24, 2.45) is 0 Å². The first-order valence-corrected chi connectivity index (χ1v) is 7.64. The lowest BCUT2D eigenvalue weighted by Crippen LogP contribution is -2.45. The van der Waals surface area contributed by atoms with Gasteiger partial charge in [-0.05, 0) is 41.4 Å². The number of nitrogens with one attached hydrogen (secondary N) is 1. The van der Waals surface area contributed by atoms with Crippen LogP contribution in [-0.4, -0.2) is 29.8 Å². The number of hydrogen-bond acceptors (Lipinski definition) is 3. The lowest BCUT2D eigenvalue weighted by Gasteiger charge is -2.21. The van der Waals surface area contributed by atoms with Gasteiger partial charge in [-0.1, -0.05) is 18.2 Å². The van der Waals surface area contributed by atoms with Crippen LogP contribution in [0.4, 0.5) is 0 Å². The molecule has 0 fully saturated rings. The maximum atomic E-state index is 12.3. The van der Waals surface area contributed by atoms with Gasteiger partial charge in [0, 0.05) is 19.2 Å². The van der Waals surface area contributed by atoms with Crippen molar-refractivity contribution in [3.05, 3.63) is 58.3 Å². The van der Waals surface area contributed by atoms with Crippen molar-refractivity contribution in [2.45, 2.75) is 19.5 Å². The summed E-state index contributed by atoms with van der Waals surface area (Å²) in [7, 11) is 1.74. The highest BCUT2D eigenvalue weighted by Gasteiger charge is 2.20. The molecule has 0 saturated carbocycles. The van der Waals surface area contributed by atoms with Crippen LogP contribution < -0.4 is 5.32 Å². The maximum Gasteiger partial charge on any atom is 0.251 e. The van der Waals surface area contributed by atoms with Gasteiger partial charge in [0.2, 0.25) is 5.91 Å². The number of nitrogens with zero attached hydrogens (tertiary/aromatic N) is 1. The number of hydrogen-bond donors (Lipinski definition) is 1. The first kappa shape index (κ1) is 15.3. The highest BCUT2D eigenvalue weighted by atomic mass is 32.1. The van der Waals surface area contributed by atoms with E-state index in [-0.39, 0.29) is 11.8 Å². The molecule has 0 aliphatic carbocycles. The Bertz CT molecular complexity index is 596. The fourth-order valence-corrected chi connectivity index (χ4v) is 2.66. The molecule has 0 spiro atoms. The number of likely N-dealkylation sites (N-methyl/N-ethyl adjacent to an activating group) is 1. The fourth-order valence-electron chi connectivity index (χ4n) is 2.00. The van der Waals surface area contributed by atoms with Gasteiger partial charge in [-0.3, -0.25) is 9.59 Å². The Kier molecular flexibility index (Phi) is 5.11. The Morgan fingerprint density at radius 2 is 1.95 bits per heavy atom. The molecule has 0 aliphatic heterocycles. The minimum Gasteiger partial charge on any atom is -0.341 e. The normalized spacial score (nSPS) is 11.7. The van der Waals surface area contributed by atoms with Crippen LogP contribution in [0.25, 0.3) is 0 Å². The highest BCUT2D eigenvalue weighted by Crippen LogP contribution is 2.09. The van der Waals surface area contributed by atoms with E-state index in [1.807, 2.05) is 22.9 Å². The topological polar surface area (TPSA) is 49.4 Å². The second-order valence-corrected chi connectivity index (χ2v) is 5.67. The third-order valence-electron chi connectivity index (χ3n) is 3.13. The van der Waals surface area contributed by atoms with Crippen LogP contribution in [0.5, 0.6) is 0 Å². The van der Waals surface area contributed by atoms with Crippen molar-refractivity contribution in [3.8, 4) is 0 Å². The zero-order chi connectivity index (χ0) is 15.2. The van der Waals surface area contributed by atoms with Crippen molar-refractivity contribution in [1.82, 2.24) is 10.2 Å². The number of thiophene rings is 1. The number of rotatable bonds is 5. The van der Waals surface area contributed by atoms with E-state index in [2.05, 4.69) is 5.32 Å². The molecule has 4 nitrogen and oxygen atoms in total. The molecule has 0 radical (unpaired) electrons. The molecule has 1 heterocycles. The molecule has 1 aromatic carbocycles. The molecular formula is C16H18N2O2S. The minimum atomic E-state index is -0.554. The van der Waals surface area contributed by atoms with Crippen molar-refractivity contribution in [3.63, 3.8) is 0 Å². The van der Waals surface area contributed by atoms with E-state index in [1.165, 1.54) is 0 Å². The van der Waals surface area contributed by atoms with Gasteiger partial charge >= 0.3 is 0 Å². The summed E-state index contributed by atoms with van der Waals surface area (Å²) in [4.78, 5) is 25.9. The monoisotopic (exact) mass is 302 g/mol. The molecule has 110 valence electrons.